The maximum atomic E-state index is 11.1. The molecule has 2 atom stereocenters. The molecule has 1 aromatic carbocycles. The highest BCUT2D eigenvalue weighted by Gasteiger charge is 2.52. The normalized spacial score (nSPS) is 26.8. The second kappa shape index (κ2) is 6.75. The fourth-order valence-corrected chi connectivity index (χ4v) is 4.93. The molecule has 0 radical (unpaired) electrons. The van der Waals surface area contributed by atoms with E-state index in [0.717, 1.165) is 18.6 Å². The first kappa shape index (κ1) is 17.5. The maximum Gasteiger partial charge on any atom is 0.405 e. The van der Waals surface area contributed by atoms with Crippen molar-refractivity contribution in [2.45, 2.75) is 48.9 Å². The Hall–Kier alpha value is -0.810. The molecule has 0 unspecified atom stereocenters. The molecule has 0 aromatic heterocycles. The molecular formula is C17H25NO2S2. The predicted octanol–water partition coefficient (Wildman–Crippen LogP) is 4.96. The average molecular weight is 340 g/mol. The monoisotopic (exact) mass is 339 g/mol. The van der Waals surface area contributed by atoms with Gasteiger partial charge in [0, 0.05) is 21.1 Å². The van der Waals surface area contributed by atoms with Crippen LogP contribution in [0.5, 0.6) is 0 Å². The van der Waals surface area contributed by atoms with Crippen LogP contribution in [0.25, 0.3) is 0 Å². The fourth-order valence-electron chi connectivity index (χ4n) is 3.22. The third-order valence-electron chi connectivity index (χ3n) is 5.33. The second-order valence-corrected chi connectivity index (χ2v) is 8.68. The number of amides is 1. The van der Waals surface area contributed by atoms with Crippen LogP contribution in [0.3, 0.4) is 0 Å². The Morgan fingerprint density at radius 1 is 1.27 bits per heavy atom. The van der Waals surface area contributed by atoms with E-state index in [1.807, 2.05) is 18.7 Å². The summed E-state index contributed by atoms with van der Waals surface area (Å²) in [5.74, 6) is 1.54. The van der Waals surface area contributed by atoms with Crippen LogP contribution in [-0.2, 0) is 0 Å². The third kappa shape index (κ3) is 3.57. The van der Waals surface area contributed by atoms with E-state index in [-0.39, 0.29) is 11.0 Å². The fraction of sp³-hybridized carbons (Fsp3) is 0.588. The van der Waals surface area contributed by atoms with Gasteiger partial charge in [0.1, 0.15) is 0 Å². The molecule has 1 amide bonds. The summed E-state index contributed by atoms with van der Waals surface area (Å²) < 4.78 is 0. The standard InChI is InChI=1S/C17H25NO2S2/c1-16(2)12(9-10-17(16,3)18-15(19)20)11-22-14-7-5-13(21-4)6-8-14/h5-8,12,18H,9-11H2,1-4H3,(H,19,20)/t12-,17-/m1/s1. The zero-order chi connectivity index (χ0) is 16.4. The van der Waals surface area contributed by atoms with Crippen LogP contribution in [0.1, 0.15) is 33.6 Å². The van der Waals surface area contributed by atoms with Gasteiger partial charge >= 0.3 is 6.09 Å². The second-order valence-electron chi connectivity index (χ2n) is 6.71. The third-order valence-corrected chi connectivity index (χ3v) is 7.25. The van der Waals surface area contributed by atoms with Gasteiger partial charge in [-0.05, 0) is 61.6 Å². The summed E-state index contributed by atoms with van der Waals surface area (Å²) in [5, 5.41) is 11.9. The lowest BCUT2D eigenvalue weighted by atomic mass is 9.72. The van der Waals surface area contributed by atoms with Gasteiger partial charge < -0.3 is 10.4 Å². The summed E-state index contributed by atoms with van der Waals surface area (Å²) >= 11 is 3.63. The number of benzene rings is 1. The molecule has 1 fully saturated rings. The van der Waals surface area contributed by atoms with Crippen LogP contribution < -0.4 is 5.32 Å². The van der Waals surface area contributed by atoms with Gasteiger partial charge in [0.2, 0.25) is 0 Å². The van der Waals surface area contributed by atoms with Crippen LogP contribution in [0.4, 0.5) is 4.79 Å². The molecule has 22 heavy (non-hydrogen) atoms. The molecule has 5 heteroatoms. The largest absolute Gasteiger partial charge is 0.465 e. The Balaban J connectivity index is 1.99. The number of thioether (sulfide) groups is 2. The van der Waals surface area contributed by atoms with Gasteiger partial charge in [-0.2, -0.15) is 0 Å². The molecule has 1 aliphatic carbocycles. The summed E-state index contributed by atoms with van der Waals surface area (Å²) in [7, 11) is 0. The first-order chi connectivity index (χ1) is 10.3. The summed E-state index contributed by atoms with van der Waals surface area (Å²) in [6.45, 7) is 6.43. The molecule has 1 aliphatic rings. The van der Waals surface area contributed by atoms with E-state index in [4.69, 9.17) is 5.11 Å². The van der Waals surface area contributed by atoms with E-state index in [2.05, 4.69) is 49.7 Å². The van der Waals surface area contributed by atoms with Crippen molar-refractivity contribution in [1.29, 1.82) is 0 Å². The Labute approximate surface area is 141 Å². The number of hydrogen-bond acceptors (Lipinski definition) is 3. The van der Waals surface area contributed by atoms with Gasteiger partial charge in [-0.1, -0.05) is 13.8 Å². The van der Waals surface area contributed by atoms with Crippen molar-refractivity contribution in [2.75, 3.05) is 12.0 Å². The summed E-state index contributed by atoms with van der Waals surface area (Å²) in [4.78, 5) is 13.6. The lowest BCUT2D eigenvalue weighted by Crippen LogP contribution is -2.54. The highest BCUT2D eigenvalue weighted by atomic mass is 32.2. The smallest absolute Gasteiger partial charge is 0.405 e. The summed E-state index contributed by atoms with van der Waals surface area (Å²) in [5.41, 5.74) is -0.385. The number of hydrogen-bond donors (Lipinski definition) is 2. The van der Waals surface area contributed by atoms with Gasteiger partial charge in [-0.15, -0.1) is 23.5 Å². The van der Waals surface area contributed by atoms with Crippen LogP contribution in [0.15, 0.2) is 34.1 Å². The van der Waals surface area contributed by atoms with E-state index < -0.39 is 6.09 Å². The van der Waals surface area contributed by atoms with Crippen LogP contribution in [-0.4, -0.2) is 28.7 Å². The molecule has 122 valence electrons. The van der Waals surface area contributed by atoms with Crippen molar-refractivity contribution >= 4 is 29.6 Å². The van der Waals surface area contributed by atoms with E-state index in [0.29, 0.717) is 5.92 Å². The molecule has 3 nitrogen and oxygen atoms in total. The van der Waals surface area contributed by atoms with Gasteiger partial charge in [-0.3, -0.25) is 0 Å². The van der Waals surface area contributed by atoms with Gasteiger partial charge in [0.25, 0.3) is 0 Å². The molecule has 0 heterocycles. The number of nitrogens with one attached hydrogen (secondary N) is 1. The molecule has 0 saturated heterocycles. The van der Waals surface area contributed by atoms with Gasteiger partial charge in [0.15, 0.2) is 0 Å². The molecule has 1 saturated carbocycles. The Morgan fingerprint density at radius 3 is 2.41 bits per heavy atom. The van der Waals surface area contributed by atoms with Crippen molar-refractivity contribution in [3.05, 3.63) is 24.3 Å². The highest BCUT2D eigenvalue weighted by Crippen LogP contribution is 2.51. The zero-order valence-electron chi connectivity index (χ0n) is 13.7. The Morgan fingerprint density at radius 2 is 1.86 bits per heavy atom. The van der Waals surface area contributed by atoms with Crippen molar-refractivity contribution in [3.8, 4) is 0 Å². The molecule has 0 aliphatic heterocycles. The first-order valence-corrected chi connectivity index (χ1v) is 9.77. The SMILES string of the molecule is CSc1ccc(SC[C@H]2CC[C@@](C)(NC(=O)O)C2(C)C)cc1. The first-order valence-electron chi connectivity index (χ1n) is 7.56. The highest BCUT2D eigenvalue weighted by molar-refractivity contribution is 7.99. The zero-order valence-corrected chi connectivity index (χ0v) is 15.3. The molecule has 2 rings (SSSR count). The number of carboxylic acid groups (broad SMARTS) is 1. The van der Waals surface area contributed by atoms with Crippen LogP contribution in [0.2, 0.25) is 0 Å². The molecule has 0 spiro atoms. The Bertz CT molecular complexity index is 530. The summed E-state index contributed by atoms with van der Waals surface area (Å²) in [6, 6.07) is 8.66. The van der Waals surface area contributed by atoms with Crippen molar-refractivity contribution in [2.24, 2.45) is 11.3 Å². The van der Waals surface area contributed by atoms with Crippen molar-refractivity contribution in [1.82, 2.24) is 5.32 Å². The minimum Gasteiger partial charge on any atom is -0.465 e. The minimum atomic E-state index is -0.920. The minimum absolute atomic E-state index is 0.0440. The number of carbonyl (C=O) groups is 1. The molecule has 0 bridgehead atoms. The van der Waals surface area contributed by atoms with E-state index in [1.54, 1.807) is 11.8 Å². The van der Waals surface area contributed by atoms with E-state index >= 15 is 0 Å². The summed E-state index contributed by atoms with van der Waals surface area (Å²) in [6.07, 6.45) is 3.14. The predicted molar refractivity (Wildman–Crippen MR) is 95.0 cm³/mol. The molecule has 1 aromatic rings. The average Bonchev–Trinajstić information content (AvgIpc) is 2.67. The van der Waals surface area contributed by atoms with Gasteiger partial charge in [-0.25, -0.2) is 4.79 Å². The molecule has 2 N–H and O–H groups in total. The Kier molecular flexibility index (Phi) is 5.38. The van der Waals surface area contributed by atoms with Crippen LogP contribution in [0, 0.1) is 11.3 Å². The lowest BCUT2D eigenvalue weighted by Gasteiger charge is -2.41. The van der Waals surface area contributed by atoms with Crippen molar-refractivity contribution in [3.63, 3.8) is 0 Å². The topological polar surface area (TPSA) is 49.3 Å². The lowest BCUT2D eigenvalue weighted by molar-refractivity contribution is 0.122. The van der Waals surface area contributed by atoms with E-state index in [1.165, 1.54) is 9.79 Å². The maximum absolute atomic E-state index is 11.1. The quantitative estimate of drug-likeness (QED) is 0.744. The number of rotatable bonds is 5. The molecular weight excluding hydrogens is 314 g/mol. The van der Waals surface area contributed by atoms with Crippen molar-refractivity contribution < 1.29 is 9.90 Å². The van der Waals surface area contributed by atoms with Crippen LogP contribution >= 0.6 is 23.5 Å². The van der Waals surface area contributed by atoms with Gasteiger partial charge in [0.05, 0.1) is 0 Å². The van der Waals surface area contributed by atoms with E-state index in [9.17, 15) is 4.79 Å².